The lowest BCUT2D eigenvalue weighted by Crippen LogP contribution is -2.26. The van der Waals surface area contributed by atoms with E-state index in [0.29, 0.717) is 12.8 Å². The van der Waals surface area contributed by atoms with E-state index in [1.165, 1.54) is 14.2 Å². The van der Waals surface area contributed by atoms with Crippen LogP contribution in [0.3, 0.4) is 0 Å². The summed E-state index contributed by atoms with van der Waals surface area (Å²) in [6.45, 7) is 1.82. The van der Waals surface area contributed by atoms with Crippen molar-refractivity contribution in [3.8, 4) is 6.07 Å². The minimum atomic E-state index is -0.536. The summed E-state index contributed by atoms with van der Waals surface area (Å²) >= 11 is 0. The molecule has 0 amide bonds. The second-order valence-electron chi connectivity index (χ2n) is 3.58. The molecule has 0 rings (SSSR count). The van der Waals surface area contributed by atoms with Crippen molar-refractivity contribution in [2.24, 2.45) is 11.8 Å². The predicted octanol–water partition coefficient (Wildman–Crippen LogP) is 1.28. The van der Waals surface area contributed by atoms with Crippen LogP contribution >= 0.6 is 0 Å². The quantitative estimate of drug-likeness (QED) is 0.639. The Balaban J connectivity index is 4.47. The van der Waals surface area contributed by atoms with Crippen molar-refractivity contribution in [2.45, 2.75) is 26.2 Å². The highest BCUT2D eigenvalue weighted by atomic mass is 16.5. The molecule has 0 radical (unpaired) electrons. The first-order valence-corrected chi connectivity index (χ1v) is 5.08. The van der Waals surface area contributed by atoms with E-state index in [0.717, 1.165) is 0 Å². The number of ether oxygens (including phenoxy) is 2. The smallest absolute Gasteiger partial charge is 0.309 e. The molecule has 90 valence electrons. The summed E-state index contributed by atoms with van der Waals surface area (Å²) in [6, 6.07) is 2.01. The van der Waals surface area contributed by atoms with Gasteiger partial charge in [0.15, 0.2) is 0 Å². The molecule has 0 aromatic heterocycles. The number of esters is 2. The van der Waals surface area contributed by atoms with E-state index in [1.54, 1.807) is 0 Å². The molecule has 0 heterocycles. The Labute approximate surface area is 95.3 Å². The molecule has 5 nitrogen and oxygen atoms in total. The highest BCUT2D eigenvalue weighted by Gasteiger charge is 2.28. The van der Waals surface area contributed by atoms with Gasteiger partial charge >= 0.3 is 11.9 Å². The van der Waals surface area contributed by atoms with Crippen molar-refractivity contribution in [3.05, 3.63) is 0 Å². The second-order valence-corrected chi connectivity index (χ2v) is 3.58. The molecule has 0 saturated heterocycles. The fourth-order valence-electron chi connectivity index (χ4n) is 1.42. The van der Waals surface area contributed by atoms with Gasteiger partial charge in [-0.25, -0.2) is 0 Å². The average molecular weight is 227 g/mol. The van der Waals surface area contributed by atoms with Crippen LogP contribution in [0.25, 0.3) is 0 Å². The Morgan fingerprint density at radius 3 is 2.38 bits per heavy atom. The normalized spacial score (nSPS) is 13.4. The first-order valence-electron chi connectivity index (χ1n) is 5.08. The van der Waals surface area contributed by atoms with Crippen LogP contribution in [-0.4, -0.2) is 26.2 Å². The molecule has 2 atom stereocenters. The van der Waals surface area contributed by atoms with Gasteiger partial charge in [0.2, 0.25) is 0 Å². The van der Waals surface area contributed by atoms with Gasteiger partial charge in [-0.05, 0) is 12.3 Å². The zero-order valence-corrected chi connectivity index (χ0v) is 9.86. The molecule has 0 aliphatic rings. The molecule has 0 spiro atoms. The topological polar surface area (TPSA) is 76.4 Å². The summed E-state index contributed by atoms with van der Waals surface area (Å²) < 4.78 is 9.15. The molecular formula is C11H17NO4. The number of hydrogen-bond donors (Lipinski definition) is 0. The molecule has 0 fully saturated rings. The minimum Gasteiger partial charge on any atom is -0.469 e. The van der Waals surface area contributed by atoms with Crippen LogP contribution in [0.2, 0.25) is 0 Å². The summed E-state index contributed by atoms with van der Waals surface area (Å²) in [5.41, 5.74) is 0. The maximum absolute atomic E-state index is 11.5. The maximum atomic E-state index is 11.5. The summed E-state index contributed by atoms with van der Waals surface area (Å²) in [5, 5.41) is 8.46. The Morgan fingerprint density at radius 2 is 1.94 bits per heavy atom. The van der Waals surface area contributed by atoms with E-state index in [1.807, 2.05) is 13.0 Å². The second kappa shape index (κ2) is 7.69. The largest absolute Gasteiger partial charge is 0.469 e. The van der Waals surface area contributed by atoms with E-state index < -0.39 is 17.9 Å². The van der Waals surface area contributed by atoms with Gasteiger partial charge in [-0.1, -0.05) is 6.92 Å². The van der Waals surface area contributed by atoms with E-state index in [2.05, 4.69) is 9.47 Å². The standard InChI is InChI=1S/C11H17NO4/c1-8(5-4-6-12)9(11(14)16-3)7-10(13)15-2/h8-9H,4-5,7H2,1-3H3. The van der Waals surface area contributed by atoms with Gasteiger partial charge in [0, 0.05) is 6.42 Å². The third-order valence-corrected chi connectivity index (χ3v) is 2.52. The van der Waals surface area contributed by atoms with Gasteiger partial charge in [-0.15, -0.1) is 0 Å². The molecular weight excluding hydrogens is 210 g/mol. The van der Waals surface area contributed by atoms with Crippen LogP contribution in [0.15, 0.2) is 0 Å². The van der Waals surface area contributed by atoms with Crippen molar-refractivity contribution in [2.75, 3.05) is 14.2 Å². The molecule has 0 aromatic rings. The Kier molecular flexibility index (Phi) is 6.93. The number of carbonyl (C=O) groups is 2. The monoisotopic (exact) mass is 227 g/mol. The highest BCUT2D eigenvalue weighted by Crippen LogP contribution is 2.22. The van der Waals surface area contributed by atoms with Gasteiger partial charge in [0.25, 0.3) is 0 Å². The van der Waals surface area contributed by atoms with Crippen molar-refractivity contribution in [1.29, 1.82) is 5.26 Å². The summed E-state index contributed by atoms with van der Waals surface area (Å²) in [7, 11) is 2.56. The summed E-state index contributed by atoms with van der Waals surface area (Å²) in [4.78, 5) is 22.6. The molecule has 0 aliphatic heterocycles. The van der Waals surface area contributed by atoms with E-state index in [9.17, 15) is 9.59 Å². The van der Waals surface area contributed by atoms with Crippen LogP contribution in [-0.2, 0) is 19.1 Å². The Bertz CT molecular complexity index is 282. The van der Waals surface area contributed by atoms with E-state index in [4.69, 9.17) is 5.26 Å². The van der Waals surface area contributed by atoms with Crippen LogP contribution in [0.1, 0.15) is 26.2 Å². The molecule has 2 unspecified atom stereocenters. The van der Waals surface area contributed by atoms with Crippen LogP contribution in [0, 0.1) is 23.2 Å². The van der Waals surface area contributed by atoms with E-state index >= 15 is 0 Å². The average Bonchev–Trinajstić information content (AvgIpc) is 2.31. The van der Waals surface area contributed by atoms with E-state index in [-0.39, 0.29) is 12.3 Å². The van der Waals surface area contributed by atoms with Gasteiger partial charge in [-0.2, -0.15) is 5.26 Å². The molecule has 0 aliphatic carbocycles. The molecule has 0 N–H and O–H groups in total. The molecule has 16 heavy (non-hydrogen) atoms. The molecule has 0 bridgehead atoms. The van der Waals surface area contributed by atoms with Gasteiger partial charge in [-0.3, -0.25) is 9.59 Å². The fourth-order valence-corrected chi connectivity index (χ4v) is 1.42. The highest BCUT2D eigenvalue weighted by molar-refractivity contribution is 5.80. The molecule has 5 heteroatoms. The maximum Gasteiger partial charge on any atom is 0.309 e. The lowest BCUT2D eigenvalue weighted by atomic mass is 9.87. The minimum absolute atomic E-state index is 0.00420. The number of rotatable bonds is 6. The number of nitrogens with zero attached hydrogens (tertiary/aromatic N) is 1. The lowest BCUT2D eigenvalue weighted by molar-refractivity contribution is -0.153. The van der Waals surface area contributed by atoms with Crippen molar-refractivity contribution in [3.63, 3.8) is 0 Å². The Morgan fingerprint density at radius 1 is 1.31 bits per heavy atom. The lowest BCUT2D eigenvalue weighted by Gasteiger charge is -2.19. The number of methoxy groups -OCH3 is 2. The first kappa shape index (κ1) is 14.4. The van der Waals surface area contributed by atoms with Gasteiger partial charge in [0.1, 0.15) is 0 Å². The van der Waals surface area contributed by atoms with Crippen LogP contribution in [0.4, 0.5) is 0 Å². The predicted molar refractivity (Wildman–Crippen MR) is 56.2 cm³/mol. The van der Waals surface area contributed by atoms with Crippen LogP contribution < -0.4 is 0 Å². The summed E-state index contributed by atoms with van der Waals surface area (Å²) in [6.07, 6.45) is 0.916. The number of nitriles is 1. The zero-order valence-electron chi connectivity index (χ0n) is 9.86. The van der Waals surface area contributed by atoms with Gasteiger partial charge in [0.05, 0.1) is 32.6 Å². The zero-order chi connectivity index (χ0) is 12.6. The molecule has 0 saturated carbocycles. The third kappa shape index (κ3) is 4.78. The van der Waals surface area contributed by atoms with Crippen molar-refractivity contribution in [1.82, 2.24) is 0 Å². The van der Waals surface area contributed by atoms with Gasteiger partial charge < -0.3 is 9.47 Å². The van der Waals surface area contributed by atoms with Crippen molar-refractivity contribution < 1.29 is 19.1 Å². The fraction of sp³-hybridized carbons (Fsp3) is 0.727. The third-order valence-electron chi connectivity index (χ3n) is 2.52. The molecule has 0 aromatic carbocycles. The SMILES string of the molecule is COC(=O)CC(C(=O)OC)C(C)CCC#N. The number of carbonyl (C=O) groups excluding carboxylic acids is 2. The van der Waals surface area contributed by atoms with Crippen LogP contribution in [0.5, 0.6) is 0 Å². The van der Waals surface area contributed by atoms with Crippen molar-refractivity contribution >= 4 is 11.9 Å². The Hall–Kier alpha value is -1.57. The number of hydrogen-bond acceptors (Lipinski definition) is 5. The summed E-state index contributed by atoms with van der Waals surface area (Å²) in [5.74, 6) is -1.49. The first-order chi connectivity index (χ1) is 7.56.